The van der Waals surface area contributed by atoms with Gasteiger partial charge in [0.2, 0.25) is 0 Å². The number of ether oxygens (including phenoxy) is 3. The normalized spacial score (nSPS) is 41.5. The number of hydrogen-bond acceptors (Lipinski definition) is 7. The van der Waals surface area contributed by atoms with Gasteiger partial charge in [0.1, 0.15) is 25.1 Å². The van der Waals surface area contributed by atoms with E-state index in [1.807, 2.05) is 18.2 Å². The van der Waals surface area contributed by atoms with Crippen molar-refractivity contribution in [1.82, 2.24) is 0 Å². The highest BCUT2D eigenvalue weighted by Gasteiger charge is 2.80. The maximum absolute atomic E-state index is 17.6. The molecule has 0 bridgehead atoms. The third-order valence-electron chi connectivity index (χ3n) is 11.5. The molecular weight excluding hydrogens is 580 g/mol. The average molecular weight is 620 g/mol. The topological polar surface area (TPSA) is 111 Å². The number of alkyl halides is 2. The predicted octanol–water partition coefficient (Wildman–Crippen LogP) is 5.48. The predicted molar refractivity (Wildman–Crippen MR) is 163 cm³/mol. The van der Waals surface area contributed by atoms with E-state index in [2.05, 4.69) is 6.58 Å². The van der Waals surface area contributed by atoms with E-state index in [9.17, 15) is 15.0 Å². The molecular formula is C36H39F2NO6. The van der Waals surface area contributed by atoms with Crippen LogP contribution in [-0.4, -0.2) is 52.3 Å². The number of ketones is 1. The van der Waals surface area contributed by atoms with Crippen molar-refractivity contribution >= 4 is 11.5 Å². The van der Waals surface area contributed by atoms with Crippen LogP contribution in [0.1, 0.15) is 50.5 Å². The molecule has 2 aromatic carbocycles. The zero-order valence-electron chi connectivity index (χ0n) is 25.4. The summed E-state index contributed by atoms with van der Waals surface area (Å²) >= 11 is 0. The number of anilines is 1. The monoisotopic (exact) mass is 619 g/mol. The summed E-state index contributed by atoms with van der Waals surface area (Å²) < 4.78 is 52.4. The number of aliphatic hydroxyl groups excluding tert-OH is 2. The summed E-state index contributed by atoms with van der Waals surface area (Å²) in [5, 5.41) is 21.9. The number of aliphatic hydroxyl groups is 2. The number of benzene rings is 2. The zero-order valence-corrected chi connectivity index (χ0v) is 25.4. The molecule has 0 amide bonds. The molecule has 2 aromatic rings. The number of nitrogen functional groups attached to an aromatic ring is 1. The Hall–Kier alpha value is -3.37. The molecule has 4 N–H and O–H groups in total. The lowest BCUT2D eigenvalue weighted by atomic mass is 9.44. The molecule has 4 fully saturated rings. The molecule has 1 saturated heterocycles. The van der Waals surface area contributed by atoms with Crippen molar-refractivity contribution in [2.45, 2.75) is 75.7 Å². The van der Waals surface area contributed by atoms with Crippen LogP contribution in [0.3, 0.4) is 0 Å². The van der Waals surface area contributed by atoms with Crippen LogP contribution in [0.4, 0.5) is 14.5 Å². The van der Waals surface area contributed by atoms with E-state index in [0.29, 0.717) is 29.2 Å². The molecule has 3 saturated carbocycles. The van der Waals surface area contributed by atoms with Gasteiger partial charge in [-0.15, -0.1) is 0 Å². The Kier molecular flexibility index (Phi) is 6.95. The van der Waals surface area contributed by atoms with Gasteiger partial charge in [-0.25, -0.2) is 8.78 Å². The highest BCUT2D eigenvalue weighted by molar-refractivity contribution is 5.91. The molecule has 0 unspecified atom stereocenters. The quantitative estimate of drug-likeness (QED) is 0.368. The number of fused-ring (bicyclic) bond motifs is 7. The van der Waals surface area contributed by atoms with Gasteiger partial charge in [0.25, 0.3) is 0 Å². The molecule has 0 spiro atoms. The first-order valence-corrected chi connectivity index (χ1v) is 15.5. The Morgan fingerprint density at radius 2 is 1.91 bits per heavy atom. The molecule has 7 nitrogen and oxygen atoms in total. The molecule has 1 aliphatic heterocycles. The Labute approximate surface area is 261 Å². The Morgan fingerprint density at radius 1 is 1.16 bits per heavy atom. The number of halogens is 2. The summed E-state index contributed by atoms with van der Waals surface area (Å²) in [6, 6.07) is 14.5. The Bertz CT molecular complexity index is 1610. The van der Waals surface area contributed by atoms with Crippen molar-refractivity contribution in [2.24, 2.45) is 22.7 Å². The van der Waals surface area contributed by atoms with Crippen molar-refractivity contribution in [1.29, 1.82) is 0 Å². The van der Waals surface area contributed by atoms with Crippen LogP contribution in [0, 0.1) is 22.7 Å². The van der Waals surface area contributed by atoms with E-state index in [-0.39, 0.29) is 24.8 Å². The van der Waals surface area contributed by atoms with Crippen molar-refractivity contribution < 1.29 is 38.0 Å². The molecule has 45 heavy (non-hydrogen) atoms. The molecule has 0 aromatic heterocycles. The van der Waals surface area contributed by atoms with Crippen LogP contribution in [0.15, 0.2) is 84.5 Å². The first kappa shape index (κ1) is 30.3. The molecule has 10 atom stereocenters. The lowest BCUT2D eigenvalue weighted by Crippen LogP contribution is -2.70. The molecule has 238 valence electrons. The van der Waals surface area contributed by atoms with E-state index in [1.54, 1.807) is 62.4 Å². The van der Waals surface area contributed by atoms with Crippen LogP contribution >= 0.6 is 0 Å². The zero-order chi connectivity index (χ0) is 31.9. The highest BCUT2D eigenvalue weighted by Crippen LogP contribution is 2.72. The Balaban J connectivity index is 1.18. The van der Waals surface area contributed by atoms with Crippen LogP contribution in [0.5, 0.6) is 5.75 Å². The fraction of sp³-hybridized carbons (Fsp3) is 0.472. The minimum absolute atomic E-state index is 0.117. The van der Waals surface area contributed by atoms with E-state index in [1.165, 1.54) is 0 Å². The SMILES string of the molecule is C=C1C=C[C@@]2(C)C(=C1)[C@@H](F)C[C@H]1[C@@H]3C[C@H]4O[C@@H](c5ccc(OCc6cccc(N)c6)cc5)O[C@@]4(C(=O)CO)[C@@]3(C)C[C@H](O)[C@@]12F. The molecule has 0 radical (unpaired) electrons. The smallest absolute Gasteiger partial charge is 0.193 e. The highest BCUT2D eigenvalue weighted by atomic mass is 19.1. The van der Waals surface area contributed by atoms with Crippen molar-refractivity contribution in [3.05, 3.63) is 95.6 Å². The summed E-state index contributed by atoms with van der Waals surface area (Å²) in [5.41, 5.74) is 2.58. The summed E-state index contributed by atoms with van der Waals surface area (Å²) in [6.07, 6.45) is 0.116. The van der Waals surface area contributed by atoms with Crippen molar-refractivity contribution in [2.75, 3.05) is 12.3 Å². The summed E-state index contributed by atoms with van der Waals surface area (Å²) in [6.45, 7) is 6.86. The third kappa shape index (κ3) is 4.10. The van der Waals surface area contributed by atoms with Gasteiger partial charge in [-0.05, 0) is 73.1 Å². The number of Topliss-reactive ketones (excluding diaryl/α,β-unsaturated/α-hetero) is 1. The first-order valence-electron chi connectivity index (χ1n) is 15.5. The van der Waals surface area contributed by atoms with Gasteiger partial charge in [0, 0.05) is 28.0 Å². The van der Waals surface area contributed by atoms with E-state index in [4.69, 9.17) is 19.9 Å². The fourth-order valence-electron chi connectivity index (χ4n) is 9.36. The van der Waals surface area contributed by atoms with Crippen LogP contribution in [0.2, 0.25) is 0 Å². The summed E-state index contributed by atoms with van der Waals surface area (Å²) in [7, 11) is 0. The standard InChI is InChI=1S/C36H39F2NO6/c1-20-11-12-33(2)27(13-20)28(37)15-26-25-16-31-36(30(42)18-40,34(25,3)17-29(41)35(26,33)38)45-32(44-31)22-7-9-24(10-8-22)43-19-21-5-4-6-23(39)14-21/h4-14,25-26,28-29,31-32,40-41H,1,15-19,39H2,2-3H3/t25-,26-,28-,29-,31+,32+,33-,34-,35-,36+/m0/s1. The summed E-state index contributed by atoms with van der Waals surface area (Å²) in [5.74, 6) is -1.45. The number of hydrogen-bond donors (Lipinski definition) is 3. The van der Waals surface area contributed by atoms with E-state index < -0.39 is 71.0 Å². The van der Waals surface area contributed by atoms with E-state index in [0.717, 1.165) is 5.56 Å². The lowest BCUT2D eigenvalue weighted by Gasteiger charge is -2.63. The molecule has 1 heterocycles. The third-order valence-corrected chi connectivity index (χ3v) is 11.5. The van der Waals surface area contributed by atoms with Crippen LogP contribution in [-0.2, 0) is 20.9 Å². The maximum atomic E-state index is 17.6. The van der Waals surface area contributed by atoms with Gasteiger partial charge in [0.05, 0.1) is 12.2 Å². The first-order chi connectivity index (χ1) is 21.4. The molecule has 7 rings (SSSR count). The minimum Gasteiger partial charge on any atom is -0.489 e. The number of nitrogens with two attached hydrogens (primary N) is 1. The van der Waals surface area contributed by atoms with Gasteiger partial charge in [-0.2, -0.15) is 0 Å². The second-order valence-corrected chi connectivity index (χ2v) is 13.8. The molecule has 4 aliphatic carbocycles. The lowest BCUT2D eigenvalue weighted by molar-refractivity contribution is -0.235. The second-order valence-electron chi connectivity index (χ2n) is 13.8. The average Bonchev–Trinajstić information content (AvgIpc) is 3.52. The number of carbonyl (C=O) groups is 1. The van der Waals surface area contributed by atoms with Crippen LogP contribution < -0.4 is 10.5 Å². The Morgan fingerprint density at radius 3 is 2.62 bits per heavy atom. The molecule has 5 aliphatic rings. The minimum atomic E-state index is -2.19. The van der Waals surface area contributed by atoms with Gasteiger partial charge >= 0.3 is 0 Å². The number of carbonyl (C=O) groups excluding carboxylic acids is 1. The van der Waals surface area contributed by atoms with Gasteiger partial charge in [-0.1, -0.05) is 56.0 Å². The largest absolute Gasteiger partial charge is 0.489 e. The summed E-state index contributed by atoms with van der Waals surface area (Å²) in [4.78, 5) is 13.7. The fourth-order valence-corrected chi connectivity index (χ4v) is 9.36. The van der Waals surface area contributed by atoms with Crippen molar-refractivity contribution in [3.8, 4) is 5.75 Å². The number of allylic oxidation sites excluding steroid dienone is 5. The maximum Gasteiger partial charge on any atom is 0.193 e. The van der Waals surface area contributed by atoms with Gasteiger partial charge in [0.15, 0.2) is 23.3 Å². The van der Waals surface area contributed by atoms with Gasteiger partial charge < -0.3 is 30.2 Å². The second kappa shape index (κ2) is 10.3. The number of rotatable bonds is 6. The van der Waals surface area contributed by atoms with Crippen molar-refractivity contribution in [3.63, 3.8) is 0 Å². The van der Waals surface area contributed by atoms with Gasteiger partial charge in [-0.3, -0.25) is 4.79 Å². The van der Waals surface area contributed by atoms with Crippen LogP contribution in [0.25, 0.3) is 0 Å². The molecule has 9 heteroatoms. The van der Waals surface area contributed by atoms with E-state index >= 15 is 8.78 Å².